The number of carboxylic acid groups (broad SMARTS) is 1. The summed E-state index contributed by atoms with van der Waals surface area (Å²) in [5.41, 5.74) is 0. The number of nitrogens with zero attached hydrogens (tertiary/aromatic N) is 1. The summed E-state index contributed by atoms with van der Waals surface area (Å²) < 4.78 is 0. The molecule has 0 spiro atoms. The van der Waals surface area contributed by atoms with Crippen LogP contribution in [0.1, 0.15) is 45.4 Å². The molecule has 0 radical (unpaired) electrons. The van der Waals surface area contributed by atoms with Gasteiger partial charge in [0, 0.05) is 12.1 Å². The average molecular weight is 211 g/mol. The molecule has 2 aliphatic rings. The molecular weight excluding hydrogens is 190 g/mol. The average Bonchev–Trinajstić information content (AvgIpc) is 2.16. The number of carbonyl (C=O) groups is 1. The number of carboxylic acids is 1. The highest BCUT2D eigenvalue weighted by molar-refractivity contribution is 5.72. The van der Waals surface area contributed by atoms with Crippen LogP contribution >= 0.6 is 0 Å². The zero-order valence-electron chi connectivity index (χ0n) is 9.48. The fraction of sp³-hybridized carbons (Fsp3) is 0.917. The lowest BCUT2D eigenvalue weighted by atomic mass is 9.76. The van der Waals surface area contributed by atoms with Gasteiger partial charge in [0.1, 0.15) is 0 Å². The van der Waals surface area contributed by atoms with Crippen molar-refractivity contribution in [3.05, 3.63) is 0 Å². The molecule has 3 atom stereocenters. The summed E-state index contributed by atoms with van der Waals surface area (Å²) in [4.78, 5) is 13.5. The maximum absolute atomic E-state index is 11.0. The first-order chi connectivity index (χ1) is 7.24. The van der Waals surface area contributed by atoms with Crippen LogP contribution in [0.3, 0.4) is 0 Å². The van der Waals surface area contributed by atoms with Gasteiger partial charge in [-0.25, -0.2) is 0 Å². The fourth-order valence-corrected chi connectivity index (χ4v) is 3.07. The monoisotopic (exact) mass is 211 g/mol. The Labute approximate surface area is 91.5 Å². The van der Waals surface area contributed by atoms with E-state index < -0.39 is 5.97 Å². The Morgan fingerprint density at radius 1 is 1.33 bits per heavy atom. The minimum atomic E-state index is -0.591. The molecule has 15 heavy (non-hydrogen) atoms. The molecule has 0 aromatic carbocycles. The number of likely N-dealkylation sites (tertiary alicyclic amines) is 1. The molecule has 1 heterocycles. The van der Waals surface area contributed by atoms with E-state index in [0.29, 0.717) is 12.1 Å². The minimum Gasteiger partial charge on any atom is -0.481 e. The third kappa shape index (κ3) is 2.03. The molecule has 0 amide bonds. The van der Waals surface area contributed by atoms with Crippen LogP contribution in [0.5, 0.6) is 0 Å². The van der Waals surface area contributed by atoms with Crippen LogP contribution in [-0.2, 0) is 4.79 Å². The van der Waals surface area contributed by atoms with Gasteiger partial charge in [0.05, 0.1) is 5.92 Å². The summed E-state index contributed by atoms with van der Waals surface area (Å²) in [5.74, 6) is -0.677. The zero-order valence-corrected chi connectivity index (χ0v) is 9.48. The molecule has 1 saturated carbocycles. The van der Waals surface area contributed by atoms with Gasteiger partial charge < -0.3 is 5.11 Å². The molecule has 3 unspecified atom stereocenters. The summed E-state index contributed by atoms with van der Waals surface area (Å²) >= 11 is 0. The number of rotatable bonds is 3. The Kier molecular flexibility index (Phi) is 3.29. The van der Waals surface area contributed by atoms with E-state index in [1.807, 2.05) is 0 Å². The first-order valence-corrected chi connectivity index (χ1v) is 6.22. The number of piperidine rings is 1. The van der Waals surface area contributed by atoms with Crippen LogP contribution < -0.4 is 0 Å². The second kappa shape index (κ2) is 4.52. The molecule has 1 aliphatic carbocycles. The van der Waals surface area contributed by atoms with Crippen molar-refractivity contribution in [1.82, 2.24) is 4.90 Å². The molecule has 0 bridgehead atoms. The molecular formula is C12H21NO2. The van der Waals surface area contributed by atoms with E-state index in [0.717, 1.165) is 19.4 Å². The lowest BCUT2D eigenvalue weighted by Crippen LogP contribution is -2.55. The molecule has 2 rings (SSSR count). The van der Waals surface area contributed by atoms with Crippen LogP contribution in [0.4, 0.5) is 0 Å². The van der Waals surface area contributed by atoms with Gasteiger partial charge in [-0.15, -0.1) is 0 Å². The molecule has 1 saturated heterocycles. The summed E-state index contributed by atoms with van der Waals surface area (Å²) in [7, 11) is 0. The van der Waals surface area contributed by atoms with Crippen LogP contribution in [0.25, 0.3) is 0 Å². The molecule has 0 aromatic heterocycles. The molecule has 0 aromatic rings. The molecule has 86 valence electrons. The third-order valence-corrected chi connectivity index (χ3v) is 4.13. The minimum absolute atomic E-state index is 0.0860. The van der Waals surface area contributed by atoms with Crippen molar-refractivity contribution in [2.45, 2.75) is 57.5 Å². The SMILES string of the molecule is CCC1CCCCN1C1CCC1C(=O)O. The Morgan fingerprint density at radius 2 is 2.13 bits per heavy atom. The van der Waals surface area contributed by atoms with E-state index in [2.05, 4.69) is 11.8 Å². The van der Waals surface area contributed by atoms with E-state index in [1.54, 1.807) is 0 Å². The Balaban J connectivity index is 1.98. The summed E-state index contributed by atoms with van der Waals surface area (Å²) in [6, 6.07) is 0.985. The van der Waals surface area contributed by atoms with Crippen LogP contribution in [-0.4, -0.2) is 34.6 Å². The van der Waals surface area contributed by atoms with Gasteiger partial charge in [0.25, 0.3) is 0 Å². The summed E-state index contributed by atoms with van der Waals surface area (Å²) in [5, 5.41) is 9.07. The zero-order chi connectivity index (χ0) is 10.8. The lowest BCUT2D eigenvalue weighted by molar-refractivity contribution is -0.150. The fourth-order valence-electron chi connectivity index (χ4n) is 3.07. The Bertz CT molecular complexity index is 242. The largest absolute Gasteiger partial charge is 0.481 e. The van der Waals surface area contributed by atoms with Crippen LogP contribution in [0, 0.1) is 5.92 Å². The van der Waals surface area contributed by atoms with Crippen molar-refractivity contribution in [3.63, 3.8) is 0 Å². The standard InChI is InChI=1S/C12H21NO2/c1-2-9-5-3-4-8-13(9)11-7-6-10(11)12(14)15/h9-11H,2-8H2,1H3,(H,14,15). The smallest absolute Gasteiger partial charge is 0.308 e. The van der Waals surface area contributed by atoms with Crippen LogP contribution in [0.15, 0.2) is 0 Å². The van der Waals surface area contributed by atoms with E-state index in [-0.39, 0.29) is 5.92 Å². The van der Waals surface area contributed by atoms with Crippen molar-refractivity contribution < 1.29 is 9.90 Å². The molecule has 3 nitrogen and oxygen atoms in total. The van der Waals surface area contributed by atoms with Gasteiger partial charge in [-0.2, -0.15) is 0 Å². The highest BCUT2D eigenvalue weighted by Gasteiger charge is 2.42. The maximum Gasteiger partial charge on any atom is 0.308 e. The maximum atomic E-state index is 11.0. The van der Waals surface area contributed by atoms with E-state index >= 15 is 0 Å². The van der Waals surface area contributed by atoms with E-state index in [4.69, 9.17) is 5.11 Å². The number of hydrogen-bond donors (Lipinski definition) is 1. The third-order valence-electron chi connectivity index (χ3n) is 4.13. The van der Waals surface area contributed by atoms with Gasteiger partial charge in [-0.3, -0.25) is 9.69 Å². The molecule has 1 aliphatic heterocycles. The first-order valence-electron chi connectivity index (χ1n) is 6.22. The van der Waals surface area contributed by atoms with E-state index in [1.165, 1.54) is 25.7 Å². The highest BCUT2D eigenvalue weighted by Crippen LogP contribution is 2.36. The summed E-state index contributed by atoms with van der Waals surface area (Å²) in [6.45, 7) is 3.34. The van der Waals surface area contributed by atoms with Crippen molar-refractivity contribution >= 4 is 5.97 Å². The van der Waals surface area contributed by atoms with Crippen LogP contribution in [0.2, 0.25) is 0 Å². The lowest BCUT2D eigenvalue weighted by Gasteiger charge is -2.48. The van der Waals surface area contributed by atoms with Gasteiger partial charge in [0.2, 0.25) is 0 Å². The van der Waals surface area contributed by atoms with Gasteiger partial charge in [0.15, 0.2) is 0 Å². The van der Waals surface area contributed by atoms with Gasteiger partial charge in [-0.05, 0) is 38.6 Å². The topological polar surface area (TPSA) is 40.5 Å². The number of aliphatic carboxylic acids is 1. The van der Waals surface area contributed by atoms with Crippen molar-refractivity contribution in [2.75, 3.05) is 6.54 Å². The summed E-state index contributed by atoms with van der Waals surface area (Å²) in [6.07, 6.45) is 6.97. The van der Waals surface area contributed by atoms with Gasteiger partial charge >= 0.3 is 5.97 Å². The quantitative estimate of drug-likeness (QED) is 0.777. The molecule has 3 heteroatoms. The second-order valence-corrected chi connectivity index (χ2v) is 4.89. The second-order valence-electron chi connectivity index (χ2n) is 4.89. The van der Waals surface area contributed by atoms with Crippen molar-refractivity contribution in [1.29, 1.82) is 0 Å². The van der Waals surface area contributed by atoms with Crippen molar-refractivity contribution in [3.8, 4) is 0 Å². The van der Waals surface area contributed by atoms with Gasteiger partial charge in [-0.1, -0.05) is 13.3 Å². The van der Waals surface area contributed by atoms with Crippen molar-refractivity contribution in [2.24, 2.45) is 5.92 Å². The predicted molar refractivity (Wildman–Crippen MR) is 58.8 cm³/mol. The predicted octanol–water partition coefficient (Wildman–Crippen LogP) is 2.11. The van der Waals surface area contributed by atoms with E-state index in [9.17, 15) is 4.79 Å². The molecule has 2 fully saturated rings. The normalized spacial score (nSPS) is 37.3. The Hall–Kier alpha value is -0.570. The number of hydrogen-bond acceptors (Lipinski definition) is 2. The first kappa shape index (κ1) is 10.9. The molecule has 1 N–H and O–H groups in total. The highest BCUT2D eigenvalue weighted by atomic mass is 16.4. The Morgan fingerprint density at radius 3 is 2.67 bits per heavy atom.